The van der Waals surface area contributed by atoms with E-state index in [1.165, 1.54) is 38.5 Å². The second-order valence-corrected chi connectivity index (χ2v) is 11.8. The fourth-order valence-corrected chi connectivity index (χ4v) is 3.01. The Balaban J connectivity index is 3.57. The molecule has 0 atom stereocenters. The van der Waals surface area contributed by atoms with Crippen molar-refractivity contribution >= 4 is 14.3 Å². The number of rotatable bonds is 10. The van der Waals surface area contributed by atoms with Crippen LogP contribution >= 0.6 is 0 Å². The van der Waals surface area contributed by atoms with Crippen molar-refractivity contribution < 1.29 is 9.22 Å². The van der Waals surface area contributed by atoms with E-state index in [-0.39, 0.29) is 5.97 Å². The summed E-state index contributed by atoms with van der Waals surface area (Å²) in [5, 5.41) is 0. The smallest absolute Gasteiger partial charge is 0.292 e. The van der Waals surface area contributed by atoms with Crippen LogP contribution in [-0.4, -0.2) is 14.3 Å². The summed E-state index contributed by atoms with van der Waals surface area (Å²) in [5.41, 5.74) is 0. The van der Waals surface area contributed by atoms with E-state index >= 15 is 0 Å². The van der Waals surface area contributed by atoms with Gasteiger partial charge in [-0.2, -0.15) is 0 Å². The minimum atomic E-state index is -1.75. The summed E-state index contributed by atoms with van der Waals surface area (Å²) in [6, 6.07) is 0. The van der Waals surface area contributed by atoms with Gasteiger partial charge in [0.2, 0.25) is 8.32 Å². The summed E-state index contributed by atoms with van der Waals surface area (Å²) in [7, 11) is -1.75. The van der Waals surface area contributed by atoms with Gasteiger partial charge < -0.3 is 4.43 Å². The van der Waals surface area contributed by atoms with E-state index in [9.17, 15) is 4.79 Å². The van der Waals surface area contributed by atoms with Gasteiger partial charge >= 0.3 is 0 Å². The first-order valence-corrected chi connectivity index (χ1v) is 13.5. The Morgan fingerprint density at radius 3 is 1.81 bits per heavy atom. The predicted octanol–water partition coefficient (Wildman–Crippen LogP) is 6.08. The minimum absolute atomic E-state index is 0.0923. The maximum atomic E-state index is 11.5. The van der Waals surface area contributed by atoms with Crippen LogP contribution in [0.5, 0.6) is 0 Å². The lowest BCUT2D eigenvalue weighted by atomic mass is 10.1. The van der Waals surface area contributed by atoms with Gasteiger partial charge in [0, 0.05) is 19.3 Å². The van der Waals surface area contributed by atoms with E-state index in [1.807, 2.05) is 19.6 Å². The molecule has 0 amide bonds. The maximum absolute atomic E-state index is 11.5. The lowest BCUT2D eigenvalue weighted by Crippen LogP contribution is -2.28. The number of unbranched alkanes of at least 4 members (excludes halogenated alkanes) is 7. The highest BCUT2D eigenvalue weighted by atomic mass is 28.4. The van der Waals surface area contributed by atoms with E-state index in [2.05, 4.69) is 42.4 Å². The Bertz CT molecular complexity index is 553. The van der Waals surface area contributed by atoms with Crippen molar-refractivity contribution in [3.05, 3.63) is 0 Å². The largest absolute Gasteiger partial charge is 0.520 e. The van der Waals surface area contributed by atoms with Gasteiger partial charge in [-0.25, -0.2) is 0 Å². The summed E-state index contributed by atoms with van der Waals surface area (Å²) < 4.78 is 5.38. The molecule has 0 aliphatic rings. The molecule has 0 aromatic carbocycles. The summed E-state index contributed by atoms with van der Waals surface area (Å²) in [6.07, 6.45) is 12.0. The number of carbonyl (C=O) groups excluding carboxylic acids is 1. The van der Waals surface area contributed by atoms with Crippen LogP contribution in [0.2, 0.25) is 19.6 Å². The highest BCUT2D eigenvalue weighted by Crippen LogP contribution is 2.07. The molecule has 0 heterocycles. The Hall–Kier alpha value is -1.63. The Morgan fingerprint density at radius 1 is 0.731 bits per heavy atom. The average molecular weight is 373 g/mol. The zero-order chi connectivity index (χ0) is 19.5. The van der Waals surface area contributed by atoms with Gasteiger partial charge in [-0.1, -0.05) is 62.7 Å². The lowest BCUT2D eigenvalue weighted by molar-refractivity contribution is -0.135. The van der Waals surface area contributed by atoms with Crippen LogP contribution in [0.25, 0.3) is 0 Å². The molecule has 2 nitrogen and oxygen atoms in total. The third-order valence-corrected chi connectivity index (χ3v) is 4.33. The van der Waals surface area contributed by atoms with Crippen LogP contribution in [0.15, 0.2) is 0 Å². The van der Waals surface area contributed by atoms with Crippen molar-refractivity contribution in [2.45, 2.75) is 104 Å². The maximum Gasteiger partial charge on any atom is 0.292 e. The van der Waals surface area contributed by atoms with Gasteiger partial charge in [0.05, 0.1) is 12.8 Å². The zero-order valence-electron chi connectivity index (χ0n) is 17.3. The molecule has 0 fully saturated rings. The highest BCUT2D eigenvalue weighted by Gasteiger charge is 2.19. The second kappa shape index (κ2) is 16.8. The van der Waals surface area contributed by atoms with Crippen LogP contribution in [0, 0.1) is 35.5 Å². The molecule has 0 radical (unpaired) electrons. The van der Waals surface area contributed by atoms with E-state index in [0.717, 1.165) is 19.3 Å². The summed E-state index contributed by atoms with van der Waals surface area (Å²) in [4.78, 5) is 11.5. The van der Waals surface area contributed by atoms with Crippen LogP contribution in [-0.2, 0) is 9.22 Å². The molecule has 3 heteroatoms. The molecule has 0 bridgehead atoms. The molecule has 0 aliphatic heterocycles. The summed E-state index contributed by atoms with van der Waals surface area (Å²) >= 11 is 0. The molecular weight excluding hydrogens is 336 g/mol. The van der Waals surface area contributed by atoms with E-state index in [1.54, 1.807) is 0 Å². The van der Waals surface area contributed by atoms with Gasteiger partial charge in [0.15, 0.2) is 0 Å². The number of hydrogen-bond acceptors (Lipinski definition) is 2. The van der Waals surface area contributed by atoms with E-state index < -0.39 is 8.32 Å². The van der Waals surface area contributed by atoms with Gasteiger partial charge in [0.1, 0.15) is 0 Å². The average Bonchev–Trinajstić information content (AvgIpc) is 2.56. The third-order valence-electron chi connectivity index (χ3n) is 3.49. The number of hydrogen-bond donors (Lipinski definition) is 0. The first kappa shape index (κ1) is 24.4. The van der Waals surface area contributed by atoms with Crippen molar-refractivity contribution in [2.24, 2.45) is 0 Å². The molecule has 144 valence electrons. The molecule has 0 unspecified atom stereocenters. The SMILES string of the molecule is CCCCCCCCC#CCC#CCC#CCCCC(=O)O[Si](C)(C)C. The topological polar surface area (TPSA) is 26.3 Å². The van der Waals surface area contributed by atoms with Crippen LogP contribution in [0.3, 0.4) is 0 Å². The lowest BCUT2D eigenvalue weighted by Gasteiger charge is -2.16. The van der Waals surface area contributed by atoms with Gasteiger partial charge in [-0.3, -0.25) is 4.79 Å². The van der Waals surface area contributed by atoms with E-state index in [0.29, 0.717) is 19.3 Å². The molecule has 0 aromatic heterocycles. The summed E-state index contributed by atoms with van der Waals surface area (Å²) in [5.74, 6) is 18.4. The third kappa shape index (κ3) is 20.4. The minimum Gasteiger partial charge on any atom is -0.520 e. The predicted molar refractivity (Wildman–Crippen MR) is 114 cm³/mol. The number of carbonyl (C=O) groups is 1. The first-order valence-electron chi connectivity index (χ1n) is 10.0. The van der Waals surface area contributed by atoms with Crippen molar-refractivity contribution in [1.29, 1.82) is 0 Å². The molecular formula is C23H36O2Si. The Morgan fingerprint density at radius 2 is 1.23 bits per heavy atom. The van der Waals surface area contributed by atoms with Crippen LogP contribution in [0.1, 0.15) is 84.0 Å². The Kier molecular flexibility index (Phi) is 15.8. The van der Waals surface area contributed by atoms with Gasteiger partial charge in [-0.15, -0.1) is 11.8 Å². The summed E-state index contributed by atoms with van der Waals surface area (Å²) in [6.45, 7) is 8.29. The zero-order valence-corrected chi connectivity index (χ0v) is 18.3. The van der Waals surface area contributed by atoms with Gasteiger partial charge in [0.25, 0.3) is 5.97 Å². The molecule has 0 spiro atoms. The molecule has 0 aromatic rings. The van der Waals surface area contributed by atoms with Crippen molar-refractivity contribution in [2.75, 3.05) is 0 Å². The van der Waals surface area contributed by atoms with Crippen molar-refractivity contribution in [3.63, 3.8) is 0 Å². The monoisotopic (exact) mass is 372 g/mol. The quantitative estimate of drug-likeness (QED) is 0.264. The normalized spacial score (nSPS) is 9.85. The molecule has 0 saturated heterocycles. The molecule has 0 saturated carbocycles. The molecule has 26 heavy (non-hydrogen) atoms. The van der Waals surface area contributed by atoms with Crippen molar-refractivity contribution in [1.82, 2.24) is 0 Å². The highest BCUT2D eigenvalue weighted by molar-refractivity contribution is 6.71. The van der Waals surface area contributed by atoms with Gasteiger partial charge in [-0.05, 0) is 32.5 Å². The fraction of sp³-hybridized carbons (Fsp3) is 0.696. The van der Waals surface area contributed by atoms with E-state index in [4.69, 9.17) is 4.43 Å². The fourth-order valence-electron chi connectivity index (χ4n) is 2.22. The molecule has 0 N–H and O–H groups in total. The molecule has 0 aliphatic carbocycles. The molecule has 0 rings (SSSR count). The van der Waals surface area contributed by atoms with Crippen molar-refractivity contribution in [3.8, 4) is 35.5 Å². The van der Waals surface area contributed by atoms with Crippen LogP contribution in [0.4, 0.5) is 0 Å². The van der Waals surface area contributed by atoms with Crippen LogP contribution < -0.4 is 0 Å². The standard InChI is InChI=1S/C23H36O2Si/c1-5-6-7-8-9-10-11-12-13-14-15-16-17-18-19-20-21-22-23(24)25-26(2,3)4/h5-11,14,17,20-22H2,1-4H3. The Labute approximate surface area is 163 Å². The second-order valence-electron chi connectivity index (χ2n) is 7.37. The first-order chi connectivity index (χ1) is 12.5.